The molecule has 4 nitrogen and oxygen atoms in total. The van der Waals surface area contributed by atoms with Crippen LogP contribution in [-0.4, -0.2) is 33.6 Å². The molecule has 4 N–H and O–H groups in total. The van der Waals surface area contributed by atoms with Crippen LogP contribution >= 0.6 is 23.2 Å². The number of halogens is 2. The van der Waals surface area contributed by atoms with Gasteiger partial charge in [-0.3, -0.25) is 4.79 Å². The van der Waals surface area contributed by atoms with Crippen LogP contribution in [0.4, 0.5) is 0 Å². The Labute approximate surface area is 76.0 Å². The van der Waals surface area contributed by atoms with E-state index in [4.69, 9.17) is 38.2 Å². The van der Waals surface area contributed by atoms with E-state index in [1.807, 2.05) is 0 Å². The molecule has 0 bridgehead atoms. The fraction of sp³-hybridized carbons (Fsp3) is 0.800. The molecule has 0 saturated carbocycles. The second kappa shape index (κ2) is 32.5. The molecule has 72 valence electrons. The van der Waals surface area contributed by atoms with E-state index in [9.17, 15) is 0 Å². The topological polar surface area (TPSA) is 89.0 Å². The number of hydrogen-bond acceptors (Lipinski definition) is 2. The van der Waals surface area contributed by atoms with Crippen molar-refractivity contribution in [2.24, 2.45) is 0 Å². The molecule has 0 radical (unpaired) electrons. The maximum Gasteiger partial charge on any atom is 0.300 e. The Morgan fingerprint density at radius 3 is 1.45 bits per heavy atom. The maximum absolute atomic E-state index is 9.00. The third-order valence-electron chi connectivity index (χ3n) is 0. The largest absolute Gasteiger partial charge is 0.481 e. The van der Waals surface area contributed by atoms with Crippen molar-refractivity contribution in [3.8, 4) is 0 Å². The van der Waals surface area contributed by atoms with Crippen LogP contribution < -0.4 is 0 Å². The summed E-state index contributed by atoms with van der Waals surface area (Å²) in [6, 6.07) is 0. The molecule has 0 unspecified atom stereocenters. The van der Waals surface area contributed by atoms with Crippen molar-refractivity contribution in [1.29, 1.82) is 0 Å². The molecule has 0 aromatic carbocycles. The van der Waals surface area contributed by atoms with Crippen LogP contribution in [0.25, 0.3) is 0 Å². The summed E-state index contributed by atoms with van der Waals surface area (Å²) in [5, 5.41) is 15.2. The predicted molar refractivity (Wildman–Crippen MR) is 46.3 cm³/mol. The van der Waals surface area contributed by atoms with E-state index in [1.54, 1.807) is 6.92 Å². The van der Waals surface area contributed by atoms with Crippen LogP contribution in [0.1, 0.15) is 13.8 Å². The van der Waals surface area contributed by atoms with Gasteiger partial charge in [0.15, 0.2) is 0 Å². The van der Waals surface area contributed by atoms with Crippen molar-refractivity contribution in [1.82, 2.24) is 0 Å². The average molecular weight is 209 g/mol. The van der Waals surface area contributed by atoms with E-state index in [-0.39, 0.29) is 17.4 Å². The molecule has 0 rings (SSSR count). The summed E-state index contributed by atoms with van der Waals surface area (Å²) >= 11 is 9.53. The van der Waals surface area contributed by atoms with Crippen LogP contribution in [0.15, 0.2) is 0 Å². The van der Waals surface area contributed by atoms with Gasteiger partial charge in [0.2, 0.25) is 0 Å². The quantitative estimate of drug-likeness (QED) is 0.575. The number of rotatable bonds is 0. The molecule has 0 heterocycles. The fourth-order valence-electron chi connectivity index (χ4n) is 0. The van der Waals surface area contributed by atoms with Gasteiger partial charge in [-0.1, -0.05) is 0 Å². The number of aliphatic hydroxyl groups excluding tert-OH is 1. The van der Waals surface area contributed by atoms with Crippen LogP contribution in [0, 0.1) is 0 Å². The van der Waals surface area contributed by atoms with Crippen LogP contribution in [0.5, 0.6) is 0 Å². The number of carboxylic acids is 1. The highest BCUT2D eigenvalue weighted by atomic mass is 35.5. The lowest BCUT2D eigenvalue weighted by Crippen LogP contribution is -1.78. The number of carbonyl (C=O) groups is 1. The van der Waals surface area contributed by atoms with Crippen molar-refractivity contribution in [2.75, 3.05) is 11.9 Å². The minimum absolute atomic E-state index is 0. The first kappa shape index (κ1) is 22.4. The molecule has 0 aliphatic rings. The summed E-state index contributed by atoms with van der Waals surface area (Å²) in [5.41, 5.74) is 0. The summed E-state index contributed by atoms with van der Waals surface area (Å²) < 4.78 is 0. The van der Waals surface area contributed by atoms with Gasteiger partial charge in [0, 0.05) is 13.5 Å². The Morgan fingerprint density at radius 2 is 1.45 bits per heavy atom. The SMILES string of the molecule is CC(=O)O.CCO.ClCCl.O. The molecule has 0 aliphatic carbocycles. The molecule has 0 aromatic heterocycles. The molecular formula is C5H14Cl2O4. The third kappa shape index (κ3) is 704000. The Bertz CT molecular complexity index is 54.4. The zero-order valence-electron chi connectivity index (χ0n) is 6.47. The van der Waals surface area contributed by atoms with Crippen LogP contribution in [-0.2, 0) is 4.79 Å². The smallest absolute Gasteiger partial charge is 0.300 e. The first-order chi connectivity index (χ1) is 4.56. The van der Waals surface area contributed by atoms with E-state index < -0.39 is 5.97 Å². The zero-order valence-corrected chi connectivity index (χ0v) is 7.98. The van der Waals surface area contributed by atoms with E-state index in [1.165, 1.54) is 0 Å². The standard InChI is InChI=1S/C2H4O2.C2H6O.CH2Cl2.H2O/c1-2(3)4;1-2-3;2-1-3;/h1H3,(H,3,4);3H,2H2,1H3;1H2;1H2. The van der Waals surface area contributed by atoms with Gasteiger partial charge in [0.05, 0.1) is 5.34 Å². The number of hydrogen-bond donors (Lipinski definition) is 2. The lowest BCUT2D eigenvalue weighted by molar-refractivity contribution is -0.134. The Hall–Kier alpha value is -0.0300. The van der Waals surface area contributed by atoms with Gasteiger partial charge in [-0.05, 0) is 6.92 Å². The van der Waals surface area contributed by atoms with Gasteiger partial charge in [0.25, 0.3) is 5.97 Å². The molecule has 0 atom stereocenters. The van der Waals surface area contributed by atoms with Gasteiger partial charge in [-0.25, -0.2) is 0 Å². The molecule has 0 amide bonds. The van der Waals surface area contributed by atoms with E-state index in [0.29, 0.717) is 0 Å². The van der Waals surface area contributed by atoms with Gasteiger partial charge in [0.1, 0.15) is 0 Å². The van der Waals surface area contributed by atoms with E-state index in [2.05, 4.69) is 0 Å². The first-order valence-electron chi connectivity index (χ1n) is 2.49. The first-order valence-corrected chi connectivity index (χ1v) is 3.55. The van der Waals surface area contributed by atoms with Crippen LogP contribution in [0.3, 0.4) is 0 Å². The zero-order chi connectivity index (χ0) is 8.99. The maximum atomic E-state index is 9.00. The predicted octanol–water partition coefficient (Wildman–Crippen LogP) is 0.686. The highest BCUT2D eigenvalue weighted by molar-refractivity contribution is 6.40. The number of aliphatic carboxylic acids is 1. The Morgan fingerprint density at radius 1 is 1.45 bits per heavy atom. The lowest BCUT2D eigenvalue weighted by atomic mass is 10.9. The van der Waals surface area contributed by atoms with Crippen LogP contribution in [0.2, 0.25) is 0 Å². The lowest BCUT2D eigenvalue weighted by Gasteiger charge is -1.59. The molecule has 0 spiro atoms. The Balaban J connectivity index is -0.0000000325. The highest BCUT2D eigenvalue weighted by Crippen LogP contribution is 1.73. The van der Waals surface area contributed by atoms with E-state index in [0.717, 1.165) is 6.92 Å². The summed E-state index contributed by atoms with van der Waals surface area (Å²) in [4.78, 5) is 9.00. The number of alkyl halides is 2. The van der Waals surface area contributed by atoms with Gasteiger partial charge >= 0.3 is 0 Å². The summed E-state index contributed by atoms with van der Waals surface area (Å²) in [5.74, 6) is -0.833. The molecule has 0 aliphatic heterocycles. The van der Waals surface area contributed by atoms with Crippen molar-refractivity contribution < 1.29 is 20.5 Å². The summed E-state index contributed by atoms with van der Waals surface area (Å²) in [6.45, 7) is 3.01. The molecule has 0 saturated heterocycles. The van der Waals surface area contributed by atoms with Gasteiger partial charge < -0.3 is 15.7 Å². The normalized spacial score (nSPS) is 5.55. The number of carboxylic acid groups (broad SMARTS) is 1. The Kier molecular flexibility index (Phi) is 66.3. The van der Waals surface area contributed by atoms with Crippen molar-refractivity contribution in [3.63, 3.8) is 0 Å². The fourth-order valence-corrected chi connectivity index (χ4v) is 0. The molecule has 6 heteroatoms. The van der Waals surface area contributed by atoms with Crippen molar-refractivity contribution in [2.45, 2.75) is 13.8 Å². The van der Waals surface area contributed by atoms with Crippen molar-refractivity contribution >= 4 is 29.2 Å². The number of aliphatic hydroxyl groups is 1. The molecular weight excluding hydrogens is 195 g/mol. The third-order valence-corrected chi connectivity index (χ3v) is 0. The van der Waals surface area contributed by atoms with Crippen molar-refractivity contribution in [3.05, 3.63) is 0 Å². The molecule has 0 fully saturated rings. The monoisotopic (exact) mass is 208 g/mol. The minimum atomic E-state index is -0.833. The van der Waals surface area contributed by atoms with E-state index >= 15 is 0 Å². The average Bonchev–Trinajstić information content (AvgIpc) is 1.65. The summed E-state index contributed by atoms with van der Waals surface area (Å²) in [7, 11) is 0. The second-order valence-corrected chi connectivity index (χ2v) is 1.74. The molecule has 11 heavy (non-hydrogen) atoms. The highest BCUT2D eigenvalue weighted by Gasteiger charge is 1.65. The minimum Gasteiger partial charge on any atom is -0.481 e. The van der Waals surface area contributed by atoms with Gasteiger partial charge in [-0.2, -0.15) is 0 Å². The second-order valence-electron chi connectivity index (χ2n) is 0.936. The summed E-state index contributed by atoms with van der Waals surface area (Å²) in [6.07, 6.45) is 0. The molecule has 0 aromatic rings. The van der Waals surface area contributed by atoms with Gasteiger partial charge in [-0.15, -0.1) is 23.2 Å².